The van der Waals surface area contributed by atoms with Gasteiger partial charge >= 0.3 is 0 Å². The molecular weight excluding hydrogens is 496 g/mol. The lowest BCUT2D eigenvalue weighted by Crippen LogP contribution is -2.49. The SMILES string of the molecule is CC(C)N1CCN(c2ccc3c(=O)c(C(=O)NCCC4CCCN4C)c4sc5c(n4c3n2)C=CCC5)CC1. The van der Waals surface area contributed by atoms with Crippen LogP contribution in [-0.2, 0) is 6.42 Å². The van der Waals surface area contributed by atoms with Gasteiger partial charge in [0.05, 0.1) is 11.1 Å². The Morgan fingerprint density at radius 3 is 2.74 bits per heavy atom. The molecule has 0 bridgehead atoms. The van der Waals surface area contributed by atoms with E-state index in [4.69, 9.17) is 4.98 Å². The Morgan fingerprint density at radius 2 is 2.00 bits per heavy atom. The van der Waals surface area contributed by atoms with Crippen LogP contribution in [0.4, 0.5) is 5.82 Å². The maximum absolute atomic E-state index is 13.8. The molecular formula is C29H38N6O2S. The molecule has 1 atom stereocenters. The number of thiazole rings is 1. The van der Waals surface area contributed by atoms with Gasteiger partial charge in [-0.3, -0.25) is 18.9 Å². The quantitative estimate of drug-likeness (QED) is 0.521. The molecule has 6 rings (SSSR count). The summed E-state index contributed by atoms with van der Waals surface area (Å²) in [5.74, 6) is 0.623. The summed E-state index contributed by atoms with van der Waals surface area (Å²) in [6, 6.07) is 4.86. The molecule has 5 heterocycles. The molecule has 8 nitrogen and oxygen atoms in total. The third-order valence-corrected chi connectivity index (χ3v) is 9.79. The van der Waals surface area contributed by atoms with Crippen LogP contribution in [-0.4, -0.2) is 83.5 Å². The molecule has 3 aliphatic rings. The van der Waals surface area contributed by atoms with Crippen molar-refractivity contribution in [2.24, 2.45) is 0 Å². The van der Waals surface area contributed by atoms with E-state index >= 15 is 0 Å². The smallest absolute Gasteiger partial charge is 0.258 e. The van der Waals surface area contributed by atoms with Crippen molar-refractivity contribution in [2.45, 2.75) is 58.0 Å². The largest absolute Gasteiger partial charge is 0.354 e. The number of aryl methyl sites for hydroxylation is 1. The number of amides is 1. The monoisotopic (exact) mass is 534 g/mol. The molecule has 2 saturated heterocycles. The second-order valence-corrected chi connectivity index (χ2v) is 12.3. The highest BCUT2D eigenvalue weighted by Gasteiger charge is 2.27. The van der Waals surface area contributed by atoms with Gasteiger partial charge in [0, 0.05) is 49.7 Å². The number of rotatable bonds is 6. The number of anilines is 1. The van der Waals surface area contributed by atoms with Crippen LogP contribution in [0.25, 0.3) is 21.9 Å². The average molecular weight is 535 g/mol. The minimum atomic E-state index is -0.272. The number of hydrogen-bond acceptors (Lipinski definition) is 7. The van der Waals surface area contributed by atoms with E-state index in [0.717, 1.165) is 63.5 Å². The summed E-state index contributed by atoms with van der Waals surface area (Å²) in [6.45, 7) is 9.98. The fourth-order valence-electron chi connectivity index (χ4n) is 6.22. The Labute approximate surface area is 227 Å². The number of fused-ring (bicyclic) bond motifs is 5. The molecule has 202 valence electrons. The predicted molar refractivity (Wildman–Crippen MR) is 156 cm³/mol. The topological polar surface area (TPSA) is 73.2 Å². The fraction of sp³-hybridized carbons (Fsp3) is 0.552. The highest BCUT2D eigenvalue weighted by atomic mass is 32.1. The van der Waals surface area contributed by atoms with Gasteiger partial charge in [0.25, 0.3) is 5.91 Å². The number of piperazine rings is 1. The molecule has 9 heteroatoms. The van der Waals surface area contributed by atoms with Gasteiger partial charge in [0.1, 0.15) is 16.2 Å². The molecule has 0 radical (unpaired) electrons. The summed E-state index contributed by atoms with van der Waals surface area (Å²) < 4.78 is 2.07. The molecule has 0 saturated carbocycles. The zero-order valence-electron chi connectivity index (χ0n) is 22.7. The van der Waals surface area contributed by atoms with Crippen LogP contribution in [0, 0.1) is 0 Å². The van der Waals surface area contributed by atoms with Crippen LogP contribution < -0.4 is 15.6 Å². The highest BCUT2D eigenvalue weighted by molar-refractivity contribution is 7.18. The highest BCUT2D eigenvalue weighted by Crippen LogP contribution is 2.33. The van der Waals surface area contributed by atoms with Crippen molar-refractivity contribution in [3.8, 4) is 0 Å². The van der Waals surface area contributed by atoms with Gasteiger partial charge in [-0.1, -0.05) is 6.08 Å². The standard InChI is InChI=1S/C29H38N6O2S/c1-19(2)33-15-17-34(18-16-33)24-11-10-21-26(36)25(28(37)30-13-12-20-7-6-14-32(20)3)29-35(27(21)31-24)22-8-4-5-9-23(22)38-29/h4,8,10-11,19-20H,5-7,9,12-18H2,1-3H3,(H,30,37). The molecule has 3 aromatic rings. The van der Waals surface area contributed by atoms with Crippen LogP contribution in [0.1, 0.15) is 60.5 Å². The lowest BCUT2D eigenvalue weighted by Gasteiger charge is -2.37. The van der Waals surface area contributed by atoms with Crippen molar-refractivity contribution < 1.29 is 4.79 Å². The Kier molecular flexibility index (Phi) is 7.01. The summed E-state index contributed by atoms with van der Waals surface area (Å²) >= 11 is 1.57. The van der Waals surface area contributed by atoms with Gasteiger partial charge in [-0.15, -0.1) is 11.3 Å². The first kappa shape index (κ1) is 25.5. The number of hydrogen-bond donors (Lipinski definition) is 1. The first-order valence-corrected chi connectivity index (χ1v) is 14.9. The van der Waals surface area contributed by atoms with E-state index in [-0.39, 0.29) is 16.9 Å². The molecule has 1 N–H and O–H groups in total. The fourth-order valence-corrected chi connectivity index (χ4v) is 7.50. The number of carbonyl (C=O) groups excluding carboxylic acids is 1. The second kappa shape index (κ2) is 10.4. The first-order chi connectivity index (χ1) is 18.4. The van der Waals surface area contributed by atoms with Crippen molar-refractivity contribution in [3.63, 3.8) is 0 Å². The molecule has 1 aliphatic carbocycles. The van der Waals surface area contributed by atoms with Gasteiger partial charge < -0.3 is 15.1 Å². The minimum Gasteiger partial charge on any atom is -0.354 e. The van der Waals surface area contributed by atoms with Crippen molar-refractivity contribution in [2.75, 3.05) is 51.2 Å². The predicted octanol–water partition coefficient (Wildman–Crippen LogP) is 3.61. The molecule has 2 fully saturated rings. The summed E-state index contributed by atoms with van der Waals surface area (Å²) in [6.07, 6.45) is 9.46. The van der Waals surface area contributed by atoms with Gasteiger partial charge in [-0.05, 0) is 77.8 Å². The zero-order chi connectivity index (χ0) is 26.4. The average Bonchev–Trinajstić information content (AvgIpc) is 3.51. The van der Waals surface area contributed by atoms with E-state index in [9.17, 15) is 9.59 Å². The molecule has 38 heavy (non-hydrogen) atoms. The zero-order valence-corrected chi connectivity index (χ0v) is 23.5. The number of likely N-dealkylation sites (tertiary alicyclic amines) is 1. The molecule has 0 spiro atoms. The van der Waals surface area contributed by atoms with Crippen LogP contribution in [0.5, 0.6) is 0 Å². The normalized spacial score (nSPS) is 20.6. The summed E-state index contributed by atoms with van der Waals surface area (Å²) in [7, 11) is 2.15. The maximum Gasteiger partial charge on any atom is 0.258 e. The molecule has 1 unspecified atom stereocenters. The summed E-state index contributed by atoms with van der Waals surface area (Å²) in [5, 5.41) is 3.58. The Morgan fingerprint density at radius 1 is 1.18 bits per heavy atom. The molecule has 1 amide bonds. The van der Waals surface area contributed by atoms with E-state index in [0.29, 0.717) is 34.5 Å². The van der Waals surface area contributed by atoms with Gasteiger partial charge in [0.15, 0.2) is 5.65 Å². The first-order valence-electron chi connectivity index (χ1n) is 14.1. The van der Waals surface area contributed by atoms with E-state index in [1.165, 1.54) is 17.7 Å². The van der Waals surface area contributed by atoms with E-state index in [1.54, 1.807) is 11.3 Å². The Hall–Kier alpha value is -2.75. The Bertz CT molecular complexity index is 1450. The number of pyridine rings is 2. The van der Waals surface area contributed by atoms with Crippen molar-refractivity contribution in [3.05, 3.63) is 44.6 Å². The number of nitrogens with one attached hydrogen (secondary N) is 1. The third kappa shape index (κ3) is 4.54. The molecule has 0 aromatic carbocycles. The summed E-state index contributed by atoms with van der Waals surface area (Å²) in [5.41, 5.74) is 1.74. The lowest BCUT2D eigenvalue weighted by molar-refractivity contribution is 0.0951. The third-order valence-electron chi connectivity index (χ3n) is 8.55. The Balaban J connectivity index is 1.38. The van der Waals surface area contributed by atoms with Crippen molar-refractivity contribution in [1.82, 2.24) is 24.5 Å². The van der Waals surface area contributed by atoms with Crippen LogP contribution in [0.15, 0.2) is 23.0 Å². The maximum atomic E-state index is 13.8. The van der Waals surface area contributed by atoms with Crippen LogP contribution in [0.3, 0.4) is 0 Å². The van der Waals surface area contributed by atoms with E-state index < -0.39 is 0 Å². The van der Waals surface area contributed by atoms with E-state index in [1.807, 2.05) is 12.1 Å². The van der Waals surface area contributed by atoms with Gasteiger partial charge in [0.2, 0.25) is 5.43 Å². The lowest BCUT2D eigenvalue weighted by atomic mass is 10.1. The number of nitrogens with zero attached hydrogens (tertiary/aromatic N) is 5. The second-order valence-electron chi connectivity index (χ2n) is 11.2. The minimum absolute atomic E-state index is 0.221. The van der Waals surface area contributed by atoms with Crippen LogP contribution >= 0.6 is 11.3 Å². The number of aromatic nitrogens is 2. The molecule has 2 aliphatic heterocycles. The van der Waals surface area contributed by atoms with Gasteiger partial charge in [-0.2, -0.15) is 0 Å². The molecule has 3 aromatic heterocycles. The van der Waals surface area contributed by atoms with Crippen LogP contribution in [0.2, 0.25) is 0 Å². The number of allylic oxidation sites excluding steroid dienone is 1. The van der Waals surface area contributed by atoms with Crippen molar-refractivity contribution >= 4 is 45.0 Å². The van der Waals surface area contributed by atoms with Crippen molar-refractivity contribution in [1.29, 1.82) is 0 Å². The van der Waals surface area contributed by atoms with E-state index in [2.05, 4.69) is 57.5 Å². The van der Waals surface area contributed by atoms with Gasteiger partial charge in [-0.25, -0.2) is 4.98 Å². The summed E-state index contributed by atoms with van der Waals surface area (Å²) in [4.78, 5) is 41.5. The number of carbonyl (C=O) groups is 1.